The van der Waals surface area contributed by atoms with Crippen LogP contribution < -0.4 is 9.80 Å². The summed E-state index contributed by atoms with van der Waals surface area (Å²) in [5, 5.41) is 0. The molecule has 0 heterocycles. The van der Waals surface area contributed by atoms with E-state index in [1.165, 1.54) is 0 Å². The summed E-state index contributed by atoms with van der Waals surface area (Å²) < 4.78 is 0. The Morgan fingerprint density at radius 3 is 1.13 bits per heavy atom. The van der Waals surface area contributed by atoms with Crippen molar-refractivity contribution in [3.63, 3.8) is 0 Å². The summed E-state index contributed by atoms with van der Waals surface area (Å²) in [4.78, 5) is 32.3. The summed E-state index contributed by atoms with van der Waals surface area (Å²) in [6.07, 6.45) is 0. The number of hydrogen-bond acceptors (Lipinski definition) is 4. The van der Waals surface area contributed by atoms with Gasteiger partial charge in [0, 0.05) is 22.7 Å². The Hall–Kier alpha value is -4.18. The molecule has 0 spiro atoms. The van der Waals surface area contributed by atoms with E-state index in [1.807, 2.05) is 107 Å². The van der Waals surface area contributed by atoms with Crippen LogP contribution in [0.2, 0.25) is 0 Å². The molecule has 0 atom stereocenters. The zero-order valence-corrected chi connectivity index (χ0v) is 22.4. The van der Waals surface area contributed by atoms with E-state index < -0.39 is 12.1 Å². The molecule has 4 heteroatoms. The first-order chi connectivity index (χ1) is 18.4. The average Bonchev–Trinajstić information content (AvgIpc) is 2.95. The van der Waals surface area contributed by atoms with Crippen LogP contribution >= 0.6 is 0 Å². The highest BCUT2D eigenvalue weighted by Gasteiger charge is 2.56. The second kappa shape index (κ2) is 10.7. The molecule has 0 aliphatic heterocycles. The average molecular weight is 503 g/mol. The summed E-state index contributed by atoms with van der Waals surface area (Å²) in [6.45, 7) is 8.54. The van der Waals surface area contributed by atoms with E-state index in [0.717, 1.165) is 33.9 Å². The largest absolute Gasteiger partial charge is 0.323 e. The number of nitrogens with zero attached hydrogens (tertiary/aromatic N) is 2. The fourth-order valence-corrected chi connectivity index (χ4v) is 5.41. The Balaban J connectivity index is 1.62. The van der Waals surface area contributed by atoms with Crippen LogP contribution in [0.15, 0.2) is 109 Å². The lowest BCUT2D eigenvalue weighted by Gasteiger charge is -2.46. The maximum absolute atomic E-state index is 14.2. The van der Waals surface area contributed by atoms with Crippen LogP contribution in [-0.4, -0.2) is 23.7 Å². The Morgan fingerprint density at radius 1 is 0.474 bits per heavy atom. The normalized spacial score (nSPS) is 17.0. The number of hydrogen-bond donors (Lipinski definition) is 0. The SMILES string of the molecule is CC(C)c1ccccc1N(c1ccccc1)C1C(=O)C(N(c2ccccc2)c2ccccc2C(C)C)C1=O. The van der Waals surface area contributed by atoms with E-state index in [-0.39, 0.29) is 23.4 Å². The van der Waals surface area contributed by atoms with Crippen molar-refractivity contribution in [1.29, 1.82) is 0 Å². The van der Waals surface area contributed by atoms with Gasteiger partial charge in [0.1, 0.15) is 0 Å². The lowest BCUT2D eigenvalue weighted by molar-refractivity contribution is -0.141. The molecule has 4 aromatic carbocycles. The molecule has 0 unspecified atom stereocenters. The van der Waals surface area contributed by atoms with Gasteiger partial charge in [-0.15, -0.1) is 0 Å². The first-order valence-electron chi connectivity index (χ1n) is 13.3. The van der Waals surface area contributed by atoms with Crippen molar-refractivity contribution in [2.45, 2.75) is 51.6 Å². The second-order valence-electron chi connectivity index (χ2n) is 10.4. The van der Waals surface area contributed by atoms with Gasteiger partial charge in [0.05, 0.1) is 0 Å². The maximum Gasteiger partial charge on any atom is 0.193 e. The highest BCUT2D eigenvalue weighted by atomic mass is 16.2. The number of rotatable bonds is 8. The maximum atomic E-state index is 14.2. The molecule has 192 valence electrons. The number of Topliss-reactive ketones (excluding diaryl/α,β-unsaturated/α-hetero) is 2. The number of anilines is 4. The number of benzene rings is 4. The van der Waals surface area contributed by atoms with E-state index in [2.05, 4.69) is 39.8 Å². The molecule has 1 saturated carbocycles. The zero-order chi connectivity index (χ0) is 26.8. The van der Waals surface area contributed by atoms with Crippen molar-refractivity contribution >= 4 is 34.3 Å². The van der Waals surface area contributed by atoms with Crippen molar-refractivity contribution < 1.29 is 9.59 Å². The smallest absolute Gasteiger partial charge is 0.193 e. The van der Waals surface area contributed by atoms with E-state index in [0.29, 0.717) is 0 Å². The van der Waals surface area contributed by atoms with Crippen molar-refractivity contribution in [2.75, 3.05) is 9.80 Å². The Bertz CT molecular complexity index is 1310. The van der Waals surface area contributed by atoms with Gasteiger partial charge in [-0.05, 0) is 59.4 Å². The molecule has 0 saturated heterocycles. The van der Waals surface area contributed by atoms with Gasteiger partial charge < -0.3 is 9.80 Å². The van der Waals surface area contributed by atoms with Crippen LogP contribution in [0.4, 0.5) is 22.7 Å². The van der Waals surface area contributed by atoms with Crippen molar-refractivity contribution in [3.8, 4) is 0 Å². The van der Waals surface area contributed by atoms with Gasteiger partial charge in [0.25, 0.3) is 0 Å². The molecule has 1 aliphatic carbocycles. The van der Waals surface area contributed by atoms with Crippen molar-refractivity contribution in [1.82, 2.24) is 0 Å². The van der Waals surface area contributed by atoms with Crippen LogP contribution in [0.5, 0.6) is 0 Å². The van der Waals surface area contributed by atoms with Gasteiger partial charge >= 0.3 is 0 Å². The minimum atomic E-state index is -0.889. The Labute approximate surface area is 225 Å². The highest BCUT2D eigenvalue weighted by Crippen LogP contribution is 2.42. The fourth-order valence-electron chi connectivity index (χ4n) is 5.41. The molecule has 0 N–H and O–H groups in total. The van der Waals surface area contributed by atoms with E-state index in [4.69, 9.17) is 0 Å². The predicted molar refractivity (Wildman–Crippen MR) is 156 cm³/mol. The highest BCUT2D eigenvalue weighted by molar-refractivity contribution is 6.35. The van der Waals surface area contributed by atoms with Crippen LogP contribution in [0.3, 0.4) is 0 Å². The fraction of sp³-hybridized carbons (Fsp3) is 0.235. The first-order valence-corrected chi connectivity index (χ1v) is 13.3. The summed E-state index contributed by atoms with van der Waals surface area (Å²) in [5.74, 6) is 0.272. The van der Waals surface area contributed by atoms with E-state index in [9.17, 15) is 9.59 Å². The Kier molecular flexibility index (Phi) is 7.15. The zero-order valence-electron chi connectivity index (χ0n) is 22.4. The predicted octanol–water partition coefficient (Wildman–Crippen LogP) is 7.80. The van der Waals surface area contributed by atoms with Crippen LogP contribution in [-0.2, 0) is 9.59 Å². The van der Waals surface area contributed by atoms with Gasteiger partial charge in [-0.1, -0.05) is 100 Å². The summed E-state index contributed by atoms with van der Waals surface area (Å²) in [6, 6.07) is 33.9. The number of carbonyl (C=O) groups is 2. The topological polar surface area (TPSA) is 40.6 Å². The van der Waals surface area contributed by atoms with E-state index >= 15 is 0 Å². The molecule has 1 fully saturated rings. The van der Waals surface area contributed by atoms with Gasteiger partial charge in [-0.2, -0.15) is 0 Å². The molecule has 0 aromatic heterocycles. The lowest BCUT2D eigenvalue weighted by atomic mass is 9.79. The van der Waals surface area contributed by atoms with Crippen molar-refractivity contribution in [3.05, 3.63) is 120 Å². The van der Waals surface area contributed by atoms with Crippen LogP contribution in [0, 0.1) is 0 Å². The minimum Gasteiger partial charge on any atom is -0.323 e. The van der Waals surface area contributed by atoms with Gasteiger partial charge in [-0.25, -0.2) is 0 Å². The Morgan fingerprint density at radius 2 is 0.789 bits per heavy atom. The van der Waals surface area contributed by atoms with Crippen molar-refractivity contribution in [2.24, 2.45) is 0 Å². The molecule has 0 amide bonds. The minimum absolute atomic E-state index is 0.0974. The summed E-state index contributed by atoms with van der Waals surface area (Å²) in [5.41, 5.74) is 5.66. The molecule has 4 aromatic rings. The third kappa shape index (κ3) is 4.51. The van der Waals surface area contributed by atoms with Crippen LogP contribution in [0.1, 0.15) is 50.7 Å². The third-order valence-corrected chi connectivity index (χ3v) is 7.30. The monoisotopic (exact) mass is 502 g/mol. The summed E-state index contributed by atoms with van der Waals surface area (Å²) in [7, 11) is 0. The number of para-hydroxylation sites is 4. The molecule has 1 aliphatic rings. The molecule has 0 radical (unpaired) electrons. The van der Waals surface area contributed by atoms with Crippen LogP contribution in [0.25, 0.3) is 0 Å². The molecule has 5 rings (SSSR count). The molecule has 4 nitrogen and oxygen atoms in total. The van der Waals surface area contributed by atoms with E-state index in [1.54, 1.807) is 0 Å². The summed E-state index contributed by atoms with van der Waals surface area (Å²) >= 11 is 0. The standard InChI is InChI=1S/C34H34N2O2/c1-23(2)27-19-11-13-21-29(27)35(25-15-7-5-8-16-25)31-33(37)32(34(31)38)36(26-17-9-6-10-18-26)30-22-14-12-20-28(30)24(3)4/h5-24,31-32H,1-4H3. The lowest BCUT2D eigenvalue weighted by Crippen LogP contribution is -2.69. The number of carbonyl (C=O) groups excluding carboxylic acids is 2. The van der Waals surface area contributed by atoms with Gasteiger partial charge in [-0.3, -0.25) is 9.59 Å². The van der Waals surface area contributed by atoms with Gasteiger partial charge in [0.15, 0.2) is 23.7 Å². The molecule has 0 bridgehead atoms. The van der Waals surface area contributed by atoms with Gasteiger partial charge in [0.2, 0.25) is 0 Å². The first kappa shape index (κ1) is 25.5. The molecular formula is C34H34N2O2. The second-order valence-corrected chi connectivity index (χ2v) is 10.4. The third-order valence-electron chi connectivity index (χ3n) is 7.30. The quantitative estimate of drug-likeness (QED) is 0.231. The number of ketones is 2. The molecule has 38 heavy (non-hydrogen) atoms. The molecular weight excluding hydrogens is 468 g/mol.